The fourth-order valence-electron chi connectivity index (χ4n) is 1.65. The molecule has 0 aliphatic rings. The van der Waals surface area contributed by atoms with Crippen LogP contribution >= 0.6 is 11.6 Å². The number of nitrogens with two attached hydrogens (primary N) is 1. The summed E-state index contributed by atoms with van der Waals surface area (Å²) in [5, 5.41) is 0.708. The van der Waals surface area contributed by atoms with Gasteiger partial charge >= 0.3 is 0 Å². The van der Waals surface area contributed by atoms with Crippen molar-refractivity contribution in [3.05, 3.63) is 28.8 Å². The molecule has 0 bridgehead atoms. The largest absolute Gasteiger partial charge is 0.491 e. The average molecular weight is 272 g/mol. The lowest BCUT2D eigenvalue weighted by Crippen LogP contribution is -2.19. The highest BCUT2D eigenvalue weighted by atomic mass is 35.5. The van der Waals surface area contributed by atoms with Crippen LogP contribution in [-0.4, -0.2) is 25.9 Å². The van der Waals surface area contributed by atoms with E-state index >= 15 is 0 Å². The minimum atomic E-state index is 0.0589. The van der Waals surface area contributed by atoms with Crippen LogP contribution in [0, 0.1) is 0 Å². The average Bonchev–Trinajstić information content (AvgIpc) is 2.32. The zero-order valence-corrected chi connectivity index (χ0v) is 11.9. The molecule has 1 rings (SSSR count). The Kier molecular flexibility index (Phi) is 7.09. The van der Waals surface area contributed by atoms with Crippen molar-refractivity contribution in [1.82, 2.24) is 0 Å². The molecule has 1 aromatic rings. The van der Waals surface area contributed by atoms with Gasteiger partial charge in [-0.2, -0.15) is 0 Å². The van der Waals surface area contributed by atoms with Crippen molar-refractivity contribution < 1.29 is 9.47 Å². The van der Waals surface area contributed by atoms with Crippen LogP contribution in [0.2, 0.25) is 5.02 Å². The lowest BCUT2D eigenvalue weighted by Gasteiger charge is -2.14. The van der Waals surface area contributed by atoms with Crippen LogP contribution < -0.4 is 10.5 Å². The third kappa shape index (κ3) is 5.25. The summed E-state index contributed by atoms with van der Waals surface area (Å²) >= 11 is 6.17. The van der Waals surface area contributed by atoms with Gasteiger partial charge in [0.1, 0.15) is 12.4 Å². The molecule has 1 aromatic carbocycles. The minimum absolute atomic E-state index is 0.0589. The topological polar surface area (TPSA) is 44.5 Å². The Labute approximate surface area is 114 Å². The van der Waals surface area contributed by atoms with E-state index in [1.54, 1.807) is 0 Å². The summed E-state index contributed by atoms with van der Waals surface area (Å²) in [4.78, 5) is 0. The maximum Gasteiger partial charge on any atom is 0.124 e. The zero-order chi connectivity index (χ0) is 13.4. The van der Waals surface area contributed by atoms with Crippen molar-refractivity contribution >= 4 is 11.6 Å². The zero-order valence-electron chi connectivity index (χ0n) is 11.1. The van der Waals surface area contributed by atoms with Gasteiger partial charge in [0.2, 0.25) is 0 Å². The fourth-order valence-corrected chi connectivity index (χ4v) is 1.89. The Bertz CT molecular complexity index is 356. The SMILES string of the molecule is CCCOCCOc1cccc(Cl)c1CC(C)N. The van der Waals surface area contributed by atoms with Gasteiger partial charge in [-0.15, -0.1) is 0 Å². The highest BCUT2D eigenvalue weighted by Crippen LogP contribution is 2.27. The highest BCUT2D eigenvalue weighted by molar-refractivity contribution is 6.31. The fraction of sp³-hybridized carbons (Fsp3) is 0.571. The van der Waals surface area contributed by atoms with E-state index in [1.165, 1.54) is 0 Å². The molecule has 0 aliphatic heterocycles. The van der Waals surface area contributed by atoms with Gasteiger partial charge in [-0.05, 0) is 31.9 Å². The molecule has 0 radical (unpaired) electrons. The van der Waals surface area contributed by atoms with Crippen molar-refractivity contribution in [2.24, 2.45) is 5.73 Å². The second-order valence-corrected chi connectivity index (χ2v) is 4.77. The molecular formula is C14H22ClNO2. The smallest absolute Gasteiger partial charge is 0.124 e. The quantitative estimate of drug-likeness (QED) is 0.739. The van der Waals surface area contributed by atoms with E-state index in [-0.39, 0.29) is 6.04 Å². The molecule has 1 atom stereocenters. The van der Waals surface area contributed by atoms with Crippen LogP contribution in [0.3, 0.4) is 0 Å². The molecule has 102 valence electrons. The number of halogens is 1. The Hall–Kier alpha value is -0.770. The van der Waals surface area contributed by atoms with Crippen LogP contribution in [0.5, 0.6) is 5.75 Å². The van der Waals surface area contributed by atoms with Crippen molar-refractivity contribution in [2.45, 2.75) is 32.7 Å². The van der Waals surface area contributed by atoms with Gasteiger partial charge in [0.15, 0.2) is 0 Å². The first kappa shape index (κ1) is 15.3. The lowest BCUT2D eigenvalue weighted by molar-refractivity contribution is 0.100. The Morgan fingerprint density at radius 3 is 2.72 bits per heavy atom. The van der Waals surface area contributed by atoms with Crippen LogP contribution in [0.25, 0.3) is 0 Å². The van der Waals surface area contributed by atoms with Gasteiger partial charge in [-0.1, -0.05) is 24.6 Å². The van der Waals surface area contributed by atoms with E-state index in [0.29, 0.717) is 24.7 Å². The second kappa shape index (κ2) is 8.35. The predicted octanol–water partition coefficient (Wildman–Crippen LogP) is 3.04. The number of ether oxygens (including phenoxy) is 2. The van der Waals surface area contributed by atoms with Gasteiger partial charge in [-0.3, -0.25) is 0 Å². The molecule has 0 aromatic heterocycles. The van der Waals surface area contributed by atoms with Crippen molar-refractivity contribution in [3.8, 4) is 5.75 Å². The van der Waals surface area contributed by atoms with E-state index < -0.39 is 0 Å². The molecule has 0 saturated carbocycles. The van der Waals surface area contributed by atoms with Crippen LogP contribution in [0.4, 0.5) is 0 Å². The van der Waals surface area contributed by atoms with E-state index in [1.807, 2.05) is 25.1 Å². The summed E-state index contributed by atoms with van der Waals surface area (Å²) in [6.45, 7) is 5.94. The molecular weight excluding hydrogens is 250 g/mol. The van der Waals surface area contributed by atoms with Gasteiger partial charge in [0.25, 0.3) is 0 Å². The summed E-state index contributed by atoms with van der Waals surface area (Å²) in [5.74, 6) is 0.805. The second-order valence-electron chi connectivity index (χ2n) is 4.36. The molecule has 0 heterocycles. The first-order valence-electron chi connectivity index (χ1n) is 6.38. The van der Waals surface area contributed by atoms with Crippen molar-refractivity contribution in [1.29, 1.82) is 0 Å². The number of hydrogen-bond acceptors (Lipinski definition) is 3. The Morgan fingerprint density at radius 1 is 1.28 bits per heavy atom. The molecule has 0 aliphatic carbocycles. The molecule has 18 heavy (non-hydrogen) atoms. The predicted molar refractivity (Wildman–Crippen MR) is 75.4 cm³/mol. The molecule has 4 heteroatoms. The highest BCUT2D eigenvalue weighted by Gasteiger charge is 2.10. The summed E-state index contributed by atoms with van der Waals surface area (Å²) < 4.78 is 11.1. The van der Waals surface area contributed by atoms with Crippen LogP contribution in [0.15, 0.2) is 18.2 Å². The summed E-state index contributed by atoms with van der Waals surface area (Å²) in [5.41, 5.74) is 6.79. The molecule has 0 amide bonds. The molecule has 0 spiro atoms. The summed E-state index contributed by atoms with van der Waals surface area (Å²) in [6, 6.07) is 5.72. The van der Waals surface area contributed by atoms with Crippen molar-refractivity contribution in [2.75, 3.05) is 19.8 Å². The number of benzene rings is 1. The van der Waals surface area contributed by atoms with E-state index in [0.717, 1.165) is 24.3 Å². The Morgan fingerprint density at radius 2 is 2.06 bits per heavy atom. The Balaban J connectivity index is 2.55. The monoisotopic (exact) mass is 271 g/mol. The number of hydrogen-bond donors (Lipinski definition) is 1. The maximum atomic E-state index is 6.17. The number of rotatable bonds is 8. The molecule has 0 saturated heterocycles. The lowest BCUT2D eigenvalue weighted by atomic mass is 10.1. The van der Waals surface area contributed by atoms with Crippen LogP contribution in [-0.2, 0) is 11.2 Å². The molecule has 0 fully saturated rings. The van der Waals surface area contributed by atoms with Gasteiger partial charge in [0, 0.05) is 23.2 Å². The third-order valence-electron chi connectivity index (χ3n) is 2.44. The minimum Gasteiger partial charge on any atom is -0.491 e. The summed E-state index contributed by atoms with van der Waals surface area (Å²) in [6.07, 6.45) is 1.73. The molecule has 1 unspecified atom stereocenters. The standard InChI is InChI=1S/C14H22ClNO2/c1-3-7-17-8-9-18-14-6-4-5-13(15)12(14)10-11(2)16/h4-6,11H,3,7-10,16H2,1-2H3. The van der Waals surface area contributed by atoms with Crippen LogP contribution in [0.1, 0.15) is 25.8 Å². The molecule has 3 nitrogen and oxygen atoms in total. The first-order chi connectivity index (χ1) is 8.65. The van der Waals surface area contributed by atoms with Gasteiger partial charge in [0.05, 0.1) is 6.61 Å². The van der Waals surface area contributed by atoms with Gasteiger partial charge in [-0.25, -0.2) is 0 Å². The third-order valence-corrected chi connectivity index (χ3v) is 2.79. The summed E-state index contributed by atoms with van der Waals surface area (Å²) in [7, 11) is 0. The maximum absolute atomic E-state index is 6.17. The van der Waals surface area contributed by atoms with E-state index in [2.05, 4.69) is 6.92 Å². The normalized spacial score (nSPS) is 12.4. The first-order valence-corrected chi connectivity index (χ1v) is 6.76. The van der Waals surface area contributed by atoms with Crippen molar-refractivity contribution in [3.63, 3.8) is 0 Å². The van der Waals surface area contributed by atoms with E-state index in [4.69, 9.17) is 26.8 Å². The van der Waals surface area contributed by atoms with Gasteiger partial charge < -0.3 is 15.2 Å². The molecule has 2 N–H and O–H groups in total. The van der Waals surface area contributed by atoms with E-state index in [9.17, 15) is 0 Å².